The Morgan fingerprint density at radius 2 is 1.93 bits per heavy atom. The lowest BCUT2D eigenvalue weighted by Crippen LogP contribution is -2.41. The number of carbonyl (C=O) groups excluding carboxylic acids is 1. The highest BCUT2D eigenvalue weighted by Crippen LogP contribution is 2.14. The molecule has 0 aromatic carbocycles. The molecule has 0 spiro atoms. The van der Waals surface area contributed by atoms with Crippen molar-refractivity contribution in [2.24, 2.45) is 0 Å². The molecule has 0 heterocycles. The first kappa shape index (κ1) is 14.6. The summed E-state index contributed by atoms with van der Waals surface area (Å²) in [6.45, 7) is 7.69. The van der Waals surface area contributed by atoms with Gasteiger partial charge in [-0.25, -0.2) is 0 Å². The van der Waals surface area contributed by atoms with Gasteiger partial charge in [0, 0.05) is 6.61 Å². The second kappa shape index (κ2) is 6.96. The van der Waals surface area contributed by atoms with E-state index in [0.717, 1.165) is 19.3 Å². The fourth-order valence-corrected chi connectivity index (χ4v) is 1.33. The van der Waals surface area contributed by atoms with Gasteiger partial charge in [-0.3, -0.25) is 4.79 Å². The summed E-state index contributed by atoms with van der Waals surface area (Å²) in [5.74, 6) is -0.204. The molecule has 0 aliphatic carbocycles. The molecule has 0 amide bonds. The molecule has 0 bridgehead atoms. The number of ether oxygens (including phenoxy) is 1. The van der Waals surface area contributed by atoms with Gasteiger partial charge in [-0.1, -0.05) is 26.7 Å². The number of ketones is 1. The molecule has 0 radical (unpaired) electrons. The molecule has 3 nitrogen and oxygen atoms in total. The molecule has 0 fully saturated rings. The number of hydrogen-bond acceptors (Lipinski definition) is 3. The third kappa shape index (κ3) is 5.90. The van der Waals surface area contributed by atoms with Crippen molar-refractivity contribution in [3.05, 3.63) is 0 Å². The van der Waals surface area contributed by atoms with Crippen LogP contribution in [0.5, 0.6) is 0 Å². The Hall–Kier alpha value is -0.410. The van der Waals surface area contributed by atoms with Crippen LogP contribution in [0.15, 0.2) is 0 Å². The van der Waals surface area contributed by atoms with Gasteiger partial charge in [0.05, 0.1) is 0 Å². The van der Waals surface area contributed by atoms with Gasteiger partial charge < -0.3 is 9.84 Å². The maximum Gasteiger partial charge on any atom is 0.192 e. The lowest BCUT2D eigenvalue weighted by Gasteiger charge is -2.23. The molecule has 1 N–H and O–H groups in total. The van der Waals surface area contributed by atoms with Crippen molar-refractivity contribution in [2.75, 3.05) is 6.61 Å². The third-order valence-electron chi connectivity index (χ3n) is 2.24. The minimum Gasteiger partial charge on any atom is -0.383 e. The van der Waals surface area contributed by atoms with Gasteiger partial charge in [0.2, 0.25) is 0 Å². The molecule has 15 heavy (non-hydrogen) atoms. The van der Waals surface area contributed by atoms with Gasteiger partial charge in [-0.15, -0.1) is 0 Å². The van der Waals surface area contributed by atoms with Gasteiger partial charge in [0.1, 0.15) is 11.7 Å². The number of hydrogen-bond donors (Lipinski definition) is 1. The normalized spacial score (nSPS) is 13.9. The average molecular weight is 216 g/mol. The van der Waals surface area contributed by atoms with Crippen molar-refractivity contribution < 1.29 is 14.6 Å². The molecule has 0 aliphatic rings. The monoisotopic (exact) mass is 216 g/mol. The number of Topliss-reactive ketones (excluding diaryl/α,β-unsaturated/α-hetero) is 1. The van der Waals surface area contributed by atoms with Crippen LogP contribution in [0.2, 0.25) is 0 Å². The van der Waals surface area contributed by atoms with E-state index < -0.39 is 11.7 Å². The van der Waals surface area contributed by atoms with E-state index in [-0.39, 0.29) is 5.78 Å². The predicted octanol–water partition coefficient (Wildman–Crippen LogP) is 2.31. The molecule has 3 heteroatoms. The van der Waals surface area contributed by atoms with Gasteiger partial charge in [0.25, 0.3) is 0 Å². The fourth-order valence-electron chi connectivity index (χ4n) is 1.33. The van der Waals surface area contributed by atoms with E-state index in [2.05, 4.69) is 6.92 Å². The van der Waals surface area contributed by atoms with Crippen molar-refractivity contribution in [1.29, 1.82) is 0 Å². The van der Waals surface area contributed by atoms with Crippen molar-refractivity contribution >= 4 is 5.78 Å². The van der Waals surface area contributed by atoms with E-state index in [1.54, 1.807) is 0 Å². The Balaban J connectivity index is 4.27. The molecule has 1 atom stereocenters. The summed E-state index contributed by atoms with van der Waals surface area (Å²) >= 11 is 0. The molecule has 0 rings (SSSR count). The third-order valence-corrected chi connectivity index (χ3v) is 2.24. The van der Waals surface area contributed by atoms with Crippen molar-refractivity contribution in [3.63, 3.8) is 0 Å². The molecule has 0 aromatic heterocycles. The number of carbonyl (C=O) groups is 1. The first-order valence-corrected chi connectivity index (χ1v) is 5.81. The quantitative estimate of drug-likeness (QED) is 0.677. The van der Waals surface area contributed by atoms with E-state index in [1.165, 1.54) is 13.8 Å². The van der Waals surface area contributed by atoms with E-state index in [9.17, 15) is 9.90 Å². The smallest absolute Gasteiger partial charge is 0.192 e. The van der Waals surface area contributed by atoms with Crippen LogP contribution in [0.1, 0.15) is 53.4 Å². The Kier molecular flexibility index (Phi) is 6.77. The minimum atomic E-state index is -1.29. The van der Waals surface area contributed by atoms with Gasteiger partial charge >= 0.3 is 0 Å². The summed E-state index contributed by atoms with van der Waals surface area (Å²) in [4.78, 5) is 11.8. The largest absolute Gasteiger partial charge is 0.383 e. The molecule has 0 aromatic rings. The van der Waals surface area contributed by atoms with Crippen molar-refractivity contribution in [1.82, 2.24) is 0 Å². The lowest BCUT2D eigenvalue weighted by atomic mass is 9.96. The van der Waals surface area contributed by atoms with Crippen LogP contribution in [0.25, 0.3) is 0 Å². The summed E-state index contributed by atoms with van der Waals surface area (Å²) in [6.07, 6.45) is 3.15. The molecular weight excluding hydrogens is 192 g/mol. The Labute approximate surface area is 92.8 Å². The summed E-state index contributed by atoms with van der Waals surface area (Å²) < 4.78 is 5.47. The molecule has 1 unspecified atom stereocenters. The zero-order valence-corrected chi connectivity index (χ0v) is 10.4. The van der Waals surface area contributed by atoms with Crippen LogP contribution in [-0.2, 0) is 9.53 Å². The summed E-state index contributed by atoms with van der Waals surface area (Å²) in [5.41, 5.74) is -1.29. The van der Waals surface area contributed by atoms with Crippen LogP contribution in [0.4, 0.5) is 0 Å². The standard InChI is InChI=1S/C12H24O3/c1-5-7-8-10(15-9-6-2)11(13)12(3,4)14/h10,14H,5-9H2,1-4H3. The maximum atomic E-state index is 11.8. The lowest BCUT2D eigenvalue weighted by molar-refractivity contribution is -0.147. The predicted molar refractivity (Wildman–Crippen MR) is 60.9 cm³/mol. The van der Waals surface area contributed by atoms with Crippen LogP contribution < -0.4 is 0 Å². The Bertz CT molecular complexity index is 174. The number of rotatable bonds is 8. The topological polar surface area (TPSA) is 46.5 Å². The highest BCUT2D eigenvalue weighted by atomic mass is 16.5. The van der Waals surface area contributed by atoms with E-state index in [0.29, 0.717) is 13.0 Å². The summed E-state index contributed by atoms with van der Waals surface area (Å²) in [6, 6.07) is 0. The Morgan fingerprint density at radius 3 is 2.33 bits per heavy atom. The summed E-state index contributed by atoms with van der Waals surface area (Å²) in [5, 5.41) is 9.63. The zero-order valence-electron chi connectivity index (χ0n) is 10.4. The number of aliphatic hydroxyl groups is 1. The van der Waals surface area contributed by atoms with Crippen LogP contribution >= 0.6 is 0 Å². The van der Waals surface area contributed by atoms with Crippen LogP contribution in [0.3, 0.4) is 0 Å². The van der Waals surface area contributed by atoms with E-state index in [1.807, 2.05) is 6.92 Å². The van der Waals surface area contributed by atoms with Gasteiger partial charge in [-0.2, -0.15) is 0 Å². The van der Waals surface area contributed by atoms with Gasteiger partial charge in [0.15, 0.2) is 5.78 Å². The fraction of sp³-hybridized carbons (Fsp3) is 0.917. The second-order valence-corrected chi connectivity index (χ2v) is 4.42. The molecule has 0 aliphatic heterocycles. The first-order valence-electron chi connectivity index (χ1n) is 5.81. The highest BCUT2D eigenvalue weighted by molar-refractivity contribution is 5.90. The average Bonchev–Trinajstić information content (AvgIpc) is 2.16. The molecule has 90 valence electrons. The van der Waals surface area contributed by atoms with E-state index >= 15 is 0 Å². The van der Waals surface area contributed by atoms with Crippen LogP contribution in [-0.4, -0.2) is 29.2 Å². The SMILES string of the molecule is CCCCC(OCCC)C(=O)C(C)(C)O. The second-order valence-electron chi connectivity index (χ2n) is 4.42. The maximum absolute atomic E-state index is 11.8. The summed E-state index contributed by atoms with van der Waals surface area (Å²) in [7, 11) is 0. The molecule has 0 saturated carbocycles. The minimum absolute atomic E-state index is 0.204. The molecule has 0 saturated heterocycles. The Morgan fingerprint density at radius 1 is 1.33 bits per heavy atom. The van der Waals surface area contributed by atoms with Crippen molar-refractivity contribution in [3.8, 4) is 0 Å². The number of unbranched alkanes of at least 4 members (excludes halogenated alkanes) is 1. The zero-order chi connectivity index (χ0) is 11.9. The van der Waals surface area contributed by atoms with Gasteiger partial charge in [-0.05, 0) is 26.7 Å². The highest BCUT2D eigenvalue weighted by Gasteiger charge is 2.31. The van der Waals surface area contributed by atoms with Crippen molar-refractivity contribution in [2.45, 2.75) is 65.1 Å². The van der Waals surface area contributed by atoms with E-state index in [4.69, 9.17) is 4.74 Å². The van der Waals surface area contributed by atoms with Crippen LogP contribution in [0, 0.1) is 0 Å². The molecular formula is C12H24O3. The first-order chi connectivity index (χ1) is 6.93.